The minimum absolute atomic E-state index is 0.0458. The summed E-state index contributed by atoms with van der Waals surface area (Å²) in [4.78, 5) is 7.55. The van der Waals surface area contributed by atoms with Gasteiger partial charge in [-0.05, 0) is 23.7 Å². The van der Waals surface area contributed by atoms with Gasteiger partial charge in [0.1, 0.15) is 10.8 Å². The lowest BCUT2D eigenvalue weighted by molar-refractivity contribution is 0.462. The van der Waals surface area contributed by atoms with Crippen LogP contribution in [0.3, 0.4) is 0 Å². The van der Waals surface area contributed by atoms with Gasteiger partial charge in [-0.2, -0.15) is 4.98 Å². The Morgan fingerprint density at radius 3 is 2.41 bits per heavy atom. The molecule has 0 spiro atoms. The molecule has 17 heavy (non-hydrogen) atoms. The first-order valence-corrected chi connectivity index (χ1v) is 5.88. The highest BCUT2D eigenvalue weighted by molar-refractivity contribution is 6.42. The summed E-state index contributed by atoms with van der Waals surface area (Å²) < 4.78 is 5.42. The largest absolute Gasteiger partial charge is 0.437 e. The second kappa shape index (κ2) is 5.27. The van der Waals surface area contributed by atoms with Gasteiger partial charge in [0, 0.05) is 6.07 Å². The van der Waals surface area contributed by atoms with Crippen molar-refractivity contribution in [3.8, 4) is 11.6 Å². The molecule has 0 bridgehead atoms. The van der Waals surface area contributed by atoms with Crippen LogP contribution in [0.25, 0.3) is 0 Å². The van der Waals surface area contributed by atoms with Crippen LogP contribution in [-0.4, -0.2) is 9.97 Å². The molecule has 0 atom stereocenters. The van der Waals surface area contributed by atoms with Gasteiger partial charge in [-0.25, -0.2) is 4.98 Å². The highest BCUT2D eigenvalue weighted by atomic mass is 35.5. The van der Waals surface area contributed by atoms with Gasteiger partial charge in [0.2, 0.25) is 11.2 Å². The van der Waals surface area contributed by atoms with E-state index in [1.807, 2.05) is 0 Å². The molecule has 0 N–H and O–H groups in total. The molecular weight excluding hydrogens is 306 g/mol. The van der Waals surface area contributed by atoms with Gasteiger partial charge in [-0.3, -0.25) is 0 Å². The van der Waals surface area contributed by atoms with Crippen molar-refractivity contribution in [2.75, 3.05) is 0 Å². The molecular formula is C10H4Cl4N2O. The normalized spacial score (nSPS) is 10.4. The van der Waals surface area contributed by atoms with E-state index >= 15 is 0 Å². The molecule has 1 aromatic carbocycles. The molecule has 0 saturated heterocycles. The second-order valence-corrected chi connectivity index (χ2v) is 4.53. The van der Waals surface area contributed by atoms with Gasteiger partial charge in [0.15, 0.2) is 0 Å². The van der Waals surface area contributed by atoms with Crippen LogP contribution in [0.2, 0.25) is 20.4 Å². The molecule has 0 unspecified atom stereocenters. The van der Waals surface area contributed by atoms with Crippen LogP contribution in [0.5, 0.6) is 11.6 Å². The van der Waals surface area contributed by atoms with Crippen LogP contribution in [0, 0.1) is 0 Å². The fraction of sp³-hybridized carbons (Fsp3) is 0. The molecule has 0 radical (unpaired) electrons. The van der Waals surface area contributed by atoms with Crippen molar-refractivity contribution in [2.24, 2.45) is 0 Å². The summed E-state index contributed by atoms with van der Waals surface area (Å²) in [5.41, 5.74) is 0. The van der Waals surface area contributed by atoms with Crippen LogP contribution in [0.15, 0.2) is 24.4 Å². The van der Waals surface area contributed by atoms with Crippen molar-refractivity contribution in [3.63, 3.8) is 0 Å². The zero-order chi connectivity index (χ0) is 12.4. The molecule has 88 valence electrons. The van der Waals surface area contributed by atoms with Crippen molar-refractivity contribution in [1.82, 2.24) is 9.97 Å². The molecule has 0 aliphatic heterocycles. The van der Waals surface area contributed by atoms with E-state index in [0.29, 0.717) is 15.8 Å². The number of aromatic nitrogens is 2. The maximum absolute atomic E-state index is 5.85. The van der Waals surface area contributed by atoms with Crippen molar-refractivity contribution in [2.45, 2.75) is 0 Å². The molecule has 0 saturated carbocycles. The summed E-state index contributed by atoms with van der Waals surface area (Å²) in [6, 6.07) is 4.80. The number of hydrogen-bond acceptors (Lipinski definition) is 3. The highest BCUT2D eigenvalue weighted by Gasteiger charge is 2.08. The van der Waals surface area contributed by atoms with Crippen LogP contribution in [0.1, 0.15) is 0 Å². The quantitative estimate of drug-likeness (QED) is 0.741. The molecule has 1 heterocycles. The van der Waals surface area contributed by atoms with Crippen LogP contribution < -0.4 is 4.74 Å². The zero-order valence-electron chi connectivity index (χ0n) is 8.12. The predicted molar refractivity (Wildman–Crippen MR) is 68.6 cm³/mol. The summed E-state index contributed by atoms with van der Waals surface area (Å²) >= 11 is 23.1. The molecule has 7 heteroatoms. The number of rotatable bonds is 2. The lowest BCUT2D eigenvalue weighted by Gasteiger charge is -2.06. The first-order chi connectivity index (χ1) is 8.06. The Morgan fingerprint density at radius 1 is 0.941 bits per heavy atom. The lowest BCUT2D eigenvalue weighted by atomic mass is 10.3. The van der Waals surface area contributed by atoms with Gasteiger partial charge in [-0.15, -0.1) is 0 Å². The Hall–Kier alpha value is -0.740. The lowest BCUT2D eigenvalue weighted by Crippen LogP contribution is -1.91. The van der Waals surface area contributed by atoms with Gasteiger partial charge >= 0.3 is 0 Å². The maximum Gasteiger partial charge on any atom is 0.242 e. The molecule has 0 aliphatic rings. The Balaban J connectivity index is 2.31. The molecule has 2 aromatic rings. The van der Waals surface area contributed by atoms with Crippen molar-refractivity contribution in [1.29, 1.82) is 0 Å². The third-order valence-electron chi connectivity index (χ3n) is 1.79. The smallest absolute Gasteiger partial charge is 0.242 e. The van der Waals surface area contributed by atoms with Crippen molar-refractivity contribution >= 4 is 46.4 Å². The topological polar surface area (TPSA) is 35.0 Å². The molecule has 1 aromatic heterocycles. The third-order valence-corrected chi connectivity index (χ3v) is 2.97. The molecule has 0 fully saturated rings. The fourth-order valence-corrected chi connectivity index (χ4v) is 1.60. The van der Waals surface area contributed by atoms with E-state index in [0.717, 1.165) is 0 Å². The Kier molecular flexibility index (Phi) is 3.94. The number of hydrogen-bond donors (Lipinski definition) is 0. The van der Waals surface area contributed by atoms with Gasteiger partial charge in [0.05, 0.1) is 16.2 Å². The summed E-state index contributed by atoms with van der Waals surface area (Å²) in [5, 5.41) is 1.11. The Bertz CT molecular complexity index is 562. The SMILES string of the molecule is Clc1ncc(Cl)c(Oc2ccc(Cl)c(Cl)c2)n1. The summed E-state index contributed by atoms with van der Waals surface area (Å²) in [6.45, 7) is 0. The molecule has 0 amide bonds. The van der Waals surface area contributed by atoms with Crippen LogP contribution in [0.4, 0.5) is 0 Å². The van der Waals surface area contributed by atoms with E-state index in [4.69, 9.17) is 51.1 Å². The van der Waals surface area contributed by atoms with E-state index in [1.54, 1.807) is 18.2 Å². The van der Waals surface area contributed by atoms with Gasteiger partial charge in [-0.1, -0.05) is 34.8 Å². The van der Waals surface area contributed by atoms with E-state index < -0.39 is 0 Å². The maximum atomic E-state index is 5.85. The van der Waals surface area contributed by atoms with E-state index in [1.165, 1.54) is 6.20 Å². The van der Waals surface area contributed by atoms with E-state index in [2.05, 4.69) is 9.97 Å². The fourth-order valence-electron chi connectivity index (χ4n) is 1.05. The first-order valence-electron chi connectivity index (χ1n) is 4.37. The monoisotopic (exact) mass is 308 g/mol. The number of nitrogens with zero attached hydrogens (tertiary/aromatic N) is 2. The van der Waals surface area contributed by atoms with Crippen LogP contribution >= 0.6 is 46.4 Å². The number of benzene rings is 1. The molecule has 2 rings (SSSR count). The summed E-state index contributed by atoms with van der Waals surface area (Å²) in [5.74, 6) is 0.612. The molecule has 0 aliphatic carbocycles. The van der Waals surface area contributed by atoms with Crippen molar-refractivity contribution in [3.05, 3.63) is 44.7 Å². The Labute approximate surface area is 117 Å². The van der Waals surface area contributed by atoms with Crippen LogP contribution in [-0.2, 0) is 0 Å². The van der Waals surface area contributed by atoms with E-state index in [9.17, 15) is 0 Å². The van der Waals surface area contributed by atoms with Gasteiger partial charge < -0.3 is 4.74 Å². The third kappa shape index (κ3) is 3.13. The number of halogens is 4. The second-order valence-electron chi connectivity index (χ2n) is 2.97. The zero-order valence-corrected chi connectivity index (χ0v) is 11.1. The first kappa shape index (κ1) is 12.7. The highest BCUT2D eigenvalue weighted by Crippen LogP contribution is 2.31. The number of ether oxygens (including phenoxy) is 1. The predicted octanol–water partition coefficient (Wildman–Crippen LogP) is 4.88. The van der Waals surface area contributed by atoms with Crippen molar-refractivity contribution < 1.29 is 4.74 Å². The standard InChI is InChI=1S/C10H4Cl4N2O/c11-6-2-1-5(3-7(6)12)17-9-8(13)4-15-10(14)16-9/h1-4H. The minimum atomic E-state index is 0.0458. The average Bonchev–Trinajstić information content (AvgIpc) is 2.29. The summed E-state index contributed by atoms with van der Waals surface area (Å²) in [7, 11) is 0. The van der Waals surface area contributed by atoms with Gasteiger partial charge in [0.25, 0.3) is 0 Å². The van der Waals surface area contributed by atoms with E-state index in [-0.39, 0.29) is 16.2 Å². The minimum Gasteiger partial charge on any atom is -0.437 e. The molecule has 3 nitrogen and oxygen atoms in total. The average molecular weight is 310 g/mol. The Morgan fingerprint density at radius 2 is 1.71 bits per heavy atom. The summed E-state index contributed by atoms with van der Waals surface area (Å²) in [6.07, 6.45) is 1.35.